The van der Waals surface area contributed by atoms with Crippen LogP contribution in [0.5, 0.6) is 11.5 Å². The molecule has 0 amide bonds. The molecule has 0 bridgehead atoms. The Kier molecular flexibility index (Phi) is 6.07. The van der Waals surface area contributed by atoms with E-state index in [4.69, 9.17) is 13.9 Å². The zero-order valence-electron chi connectivity index (χ0n) is 17.3. The van der Waals surface area contributed by atoms with Crippen molar-refractivity contribution >= 4 is 21.8 Å². The zero-order chi connectivity index (χ0) is 22.0. The fourth-order valence-electron chi connectivity index (χ4n) is 3.74. The molecule has 1 aromatic heterocycles. The van der Waals surface area contributed by atoms with Gasteiger partial charge < -0.3 is 13.9 Å². The van der Waals surface area contributed by atoms with Gasteiger partial charge in [0.2, 0.25) is 15.9 Å². The number of benzene rings is 2. The lowest BCUT2D eigenvalue weighted by Gasteiger charge is -2.25. The maximum atomic E-state index is 13.0. The summed E-state index contributed by atoms with van der Waals surface area (Å²) < 4.78 is 44.9. The van der Waals surface area contributed by atoms with E-state index in [0.717, 1.165) is 30.8 Å². The van der Waals surface area contributed by atoms with Crippen LogP contribution in [0.15, 0.2) is 63.1 Å². The largest absolute Gasteiger partial charge is 0.486 e. The second-order valence-corrected chi connectivity index (χ2v) is 10.6. The highest BCUT2D eigenvalue weighted by Gasteiger charge is 2.27. The van der Waals surface area contributed by atoms with Gasteiger partial charge in [-0.1, -0.05) is 36.4 Å². The van der Waals surface area contributed by atoms with E-state index in [2.05, 4.69) is 10.2 Å². The number of para-hydroxylation sites is 2. The minimum atomic E-state index is -3.53. The summed E-state index contributed by atoms with van der Waals surface area (Å²) in [6.07, 6.45) is 2.72. The summed E-state index contributed by atoms with van der Waals surface area (Å²) >= 11 is 1.38. The quantitative estimate of drug-likeness (QED) is 0.499. The Morgan fingerprint density at radius 2 is 1.81 bits per heavy atom. The van der Waals surface area contributed by atoms with Gasteiger partial charge in [-0.2, -0.15) is 4.31 Å². The van der Waals surface area contributed by atoms with Crippen LogP contribution in [0.1, 0.15) is 19.3 Å². The molecule has 2 aliphatic heterocycles. The first kappa shape index (κ1) is 21.3. The number of hydrogen-bond acceptors (Lipinski definition) is 8. The highest BCUT2D eigenvalue weighted by Crippen LogP contribution is 2.33. The van der Waals surface area contributed by atoms with Crippen molar-refractivity contribution < 1.29 is 22.3 Å². The second kappa shape index (κ2) is 9.13. The van der Waals surface area contributed by atoms with Crippen LogP contribution in [0.4, 0.5) is 0 Å². The van der Waals surface area contributed by atoms with Gasteiger partial charge in [0.15, 0.2) is 11.5 Å². The average Bonchev–Trinajstić information content (AvgIpc) is 3.32. The van der Waals surface area contributed by atoms with Crippen LogP contribution in [0.3, 0.4) is 0 Å². The first-order valence-corrected chi connectivity index (χ1v) is 13.0. The molecule has 1 unspecified atom stereocenters. The van der Waals surface area contributed by atoms with Crippen LogP contribution in [-0.4, -0.2) is 54.5 Å². The second-order valence-electron chi connectivity index (χ2n) is 7.67. The van der Waals surface area contributed by atoms with Crippen molar-refractivity contribution in [3.63, 3.8) is 0 Å². The molecule has 3 heterocycles. The van der Waals surface area contributed by atoms with E-state index < -0.39 is 10.0 Å². The molecular weight excluding hydrogens is 450 g/mol. The minimum Gasteiger partial charge on any atom is -0.486 e. The van der Waals surface area contributed by atoms with Crippen LogP contribution in [-0.2, 0) is 10.0 Å². The molecule has 5 rings (SSSR count). The molecular formula is C22H23N3O5S2. The maximum absolute atomic E-state index is 13.0. The number of piperidine rings is 1. The predicted octanol–water partition coefficient (Wildman–Crippen LogP) is 3.84. The van der Waals surface area contributed by atoms with E-state index in [-0.39, 0.29) is 16.9 Å². The normalized spacial score (nSPS) is 19.1. The third-order valence-corrected chi connectivity index (χ3v) is 8.25. The van der Waals surface area contributed by atoms with E-state index in [0.29, 0.717) is 36.2 Å². The highest BCUT2D eigenvalue weighted by molar-refractivity contribution is 7.99. The fraction of sp³-hybridized carbons (Fsp3) is 0.364. The summed E-state index contributed by atoms with van der Waals surface area (Å²) in [5, 5.41) is 8.59. The van der Waals surface area contributed by atoms with Crippen molar-refractivity contribution in [2.75, 3.05) is 25.4 Å². The highest BCUT2D eigenvalue weighted by atomic mass is 32.2. The van der Waals surface area contributed by atoms with Crippen molar-refractivity contribution in [3.05, 3.63) is 48.5 Å². The van der Waals surface area contributed by atoms with Crippen LogP contribution < -0.4 is 9.47 Å². The number of ether oxygens (including phenoxy) is 2. The molecule has 8 nitrogen and oxygen atoms in total. The van der Waals surface area contributed by atoms with Crippen LogP contribution in [0, 0.1) is 0 Å². The number of hydrogen-bond donors (Lipinski definition) is 0. The summed E-state index contributed by atoms with van der Waals surface area (Å²) in [4.78, 5) is 0.246. The molecule has 10 heteroatoms. The van der Waals surface area contributed by atoms with Gasteiger partial charge in [0, 0.05) is 24.4 Å². The molecule has 3 aromatic rings. The molecule has 32 heavy (non-hydrogen) atoms. The van der Waals surface area contributed by atoms with Crippen molar-refractivity contribution in [1.82, 2.24) is 14.5 Å². The summed E-state index contributed by atoms with van der Waals surface area (Å²) in [5.41, 5.74) is 0.577. The van der Waals surface area contributed by atoms with Crippen molar-refractivity contribution in [3.8, 4) is 23.0 Å². The Morgan fingerprint density at radius 1 is 1.00 bits per heavy atom. The number of rotatable bonds is 6. The lowest BCUT2D eigenvalue weighted by atomic mass is 10.2. The van der Waals surface area contributed by atoms with Gasteiger partial charge in [0.25, 0.3) is 5.22 Å². The summed E-state index contributed by atoms with van der Waals surface area (Å²) in [6.45, 7) is 1.57. The van der Waals surface area contributed by atoms with Gasteiger partial charge >= 0.3 is 0 Å². The molecule has 1 saturated heterocycles. The standard InChI is InChI=1S/C22H23N3O5S2/c26-32(27,25-11-4-1-5-12-25)18-8-6-7-16(13-18)21-23-24-22(30-21)31-15-17-14-28-19-9-2-3-10-20(19)29-17/h2-3,6-10,13,17H,1,4-5,11-12,14-15H2. The molecule has 0 saturated carbocycles. The number of aromatic nitrogens is 2. The van der Waals surface area contributed by atoms with Gasteiger partial charge in [0.1, 0.15) is 12.7 Å². The first-order valence-electron chi connectivity index (χ1n) is 10.5. The van der Waals surface area contributed by atoms with Gasteiger partial charge in [0.05, 0.1) is 4.90 Å². The van der Waals surface area contributed by atoms with Crippen LogP contribution in [0.25, 0.3) is 11.5 Å². The monoisotopic (exact) mass is 473 g/mol. The van der Waals surface area contributed by atoms with Crippen molar-refractivity contribution in [1.29, 1.82) is 0 Å². The third kappa shape index (κ3) is 4.48. The Labute approximate surface area is 191 Å². The molecule has 168 valence electrons. The molecule has 1 fully saturated rings. The van der Waals surface area contributed by atoms with E-state index >= 15 is 0 Å². The number of sulfonamides is 1. The minimum absolute atomic E-state index is 0.136. The summed E-state index contributed by atoms with van der Waals surface area (Å²) in [7, 11) is -3.53. The van der Waals surface area contributed by atoms with Crippen LogP contribution in [0.2, 0.25) is 0 Å². The Morgan fingerprint density at radius 3 is 2.66 bits per heavy atom. The first-order chi connectivity index (χ1) is 15.6. The zero-order valence-corrected chi connectivity index (χ0v) is 19.0. The topological polar surface area (TPSA) is 94.8 Å². The van der Waals surface area contributed by atoms with Crippen LogP contribution >= 0.6 is 11.8 Å². The fourth-order valence-corrected chi connectivity index (χ4v) is 6.03. The molecule has 0 spiro atoms. The lowest BCUT2D eigenvalue weighted by Crippen LogP contribution is -2.35. The van der Waals surface area contributed by atoms with Gasteiger partial charge in [-0.05, 0) is 43.2 Å². The van der Waals surface area contributed by atoms with Gasteiger partial charge in [-0.15, -0.1) is 10.2 Å². The SMILES string of the molecule is O=S(=O)(c1cccc(-c2nnc(SCC3COc4ccccc4O3)o2)c1)N1CCCCC1. The summed E-state index contributed by atoms with van der Waals surface area (Å²) in [5.74, 6) is 2.34. The number of fused-ring (bicyclic) bond motifs is 1. The maximum Gasteiger partial charge on any atom is 0.276 e. The third-order valence-electron chi connectivity index (χ3n) is 5.40. The number of thioether (sulfide) groups is 1. The Balaban J connectivity index is 1.25. The van der Waals surface area contributed by atoms with Gasteiger partial charge in [-0.25, -0.2) is 8.42 Å². The molecule has 0 N–H and O–H groups in total. The van der Waals surface area contributed by atoms with Gasteiger partial charge in [-0.3, -0.25) is 0 Å². The molecule has 2 aliphatic rings. The van der Waals surface area contributed by atoms with Crippen molar-refractivity contribution in [2.24, 2.45) is 0 Å². The number of nitrogens with zero attached hydrogens (tertiary/aromatic N) is 3. The molecule has 0 radical (unpaired) electrons. The smallest absolute Gasteiger partial charge is 0.276 e. The molecule has 0 aliphatic carbocycles. The Hall–Kier alpha value is -2.56. The van der Waals surface area contributed by atoms with E-state index in [1.165, 1.54) is 11.8 Å². The molecule has 1 atom stereocenters. The lowest BCUT2D eigenvalue weighted by molar-refractivity contribution is 0.107. The summed E-state index contributed by atoms with van der Waals surface area (Å²) in [6, 6.07) is 14.2. The predicted molar refractivity (Wildman–Crippen MR) is 119 cm³/mol. The average molecular weight is 474 g/mol. The van der Waals surface area contributed by atoms with Crippen molar-refractivity contribution in [2.45, 2.75) is 35.5 Å². The Bertz CT molecular complexity index is 1190. The molecule has 2 aromatic carbocycles. The van der Waals surface area contributed by atoms with E-state index in [1.807, 2.05) is 24.3 Å². The van der Waals surface area contributed by atoms with E-state index in [1.54, 1.807) is 28.6 Å². The van der Waals surface area contributed by atoms with E-state index in [9.17, 15) is 8.42 Å².